The molecule has 2 unspecified atom stereocenters. The zero-order valence-corrected chi connectivity index (χ0v) is 13.4. The first-order valence-electron chi connectivity index (χ1n) is 6.83. The van der Waals surface area contributed by atoms with Gasteiger partial charge in [0.25, 0.3) is 0 Å². The van der Waals surface area contributed by atoms with Crippen molar-refractivity contribution in [3.8, 4) is 0 Å². The molecule has 1 aromatic rings. The fraction of sp³-hybridized carbons (Fsp3) is 0.615. The minimum Gasteiger partial charge on any atom is -0.373 e. The van der Waals surface area contributed by atoms with Gasteiger partial charge in [0.15, 0.2) is 0 Å². The molecule has 21 heavy (non-hydrogen) atoms. The first-order chi connectivity index (χ1) is 9.82. The third kappa shape index (κ3) is 3.52. The molecular formula is C13H22N4O3S. The molecule has 1 aliphatic heterocycles. The average molecular weight is 314 g/mol. The van der Waals surface area contributed by atoms with Crippen LogP contribution in [0.4, 0.5) is 5.82 Å². The van der Waals surface area contributed by atoms with Crippen LogP contribution in [0.3, 0.4) is 0 Å². The van der Waals surface area contributed by atoms with Crippen molar-refractivity contribution in [3.63, 3.8) is 0 Å². The quantitative estimate of drug-likeness (QED) is 0.834. The van der Waals surface area contributed by atoms with Gasteiger partial charge in [-0.2, -0.15) is 0 Å². The topological polar surface area (TPSA) is 88.8 Å². The average Bonchev–Trinajstić information content (AvgIpc) is 2.47. The Morgan fingerprint density at radius 3 is 2.71 bits per heavy atom. The highest BCUT2D eigenvalue weighted by molar-refractivity contribution is 7.89. The molecule has 0 aromatic carbocycles. The van der Waals surface area contributed by atoms with Crippen molar-refractivity contribution in [1.82, 2.24) is 9.29 Å². The lowest BCUT2D eigenvalue weighted by Crippen LogP contribution is -2.49. The summed E-state index contributed by atoms with van der Waals surface area (Å²) in [5, 5.41) is 0. The Morgan fingerprint density at radius 1 is 1.48 bits per heavy atom. The molecule has 2 N–H and O–H groups in total. The minimum atomic E-state index is -3.44. The molecule has 2 rings (SSSR count). The van der Waals surface area contributed by atoms with Gasteiger partial charge in [0.05, 0.1) is 12.7 Å². The molecule has 2 heterocycles. The summed E-state index contributed by atoms with van der Waals surface area (Å²) in [7, 11) is -0.444. The lowest BCUT2D eigenvalue weighted by Gasteiger charge is -2.35. The highest BCUT2D eigenvalue weighted by atomic mass is 32.2. The van der Waals surface area contributed by atoms with E-state index in [4.69, 9.17) is 10.5 Å². The van der Waals surface area contributed by atoms with E-state index < -0.39 is 10.0 Å². The van der Waals surface area contributed by atoms with Crippen LogP contribution in [0.2, 0.25) is 0 Å². The van der Waals surface area contributed by atoms with Gasteiger partial charge in [-0.25, -0.2) is 17.7 Å². The van der Waals surface area contributed by atoms with E-state index in [-0.39, 0.29) is 17.0 Å². The maximum atomic E-state index is 12.0. The molecule has 118 valence electrons. The fourth-order valence-corrected chi connectivity index (χ4v) is 2.97. The predicted octanol–water partition coefficient (Wildman–Crippen LogP) is -0.116. The van der Waals surface area contributed by atoms with Gasteiger partial charge in [-0.15, -0.1) is 0 Å². The zero-order chi connectivity index (χ0) is 15.6. The number of morpholine rings is 1. The standard InChI is InChI=1S/C13H22N4O3S/c1-10(14)12-9-17(6-7-20-12)13-5-4-11(8-15-13)21(18,19)16(2)3/h4-5,8,10,12H,6-7,9,14H2,1-3H3. The predicted molar refractivity (Wildman–Crippen MR) is 80.7 cm³/mol. The first kappa shape index (κ1) is 16.2. The second kappa shape index (κ2) is 6.27. The number of nitrogens with zero attached hydrogens (tertiary/aromatic N) is 3. The van der Waals surface area contributed by atoms with Crippen LogP contribution in [-0.2, 0) is 14.8 Å². The van der Waals surface area contributed by atoms with Crippen molar-refractivity contribution < 1.29 is 13.2 Å². The molecule has 0 spiro atoms. The zero-order valence-electron chi connectivity index (χ0n) is 12.6. The van der Waals surface area contributed by atoms with Crippen LogP contribution in [0, 0.1) is 0 Å². The second-order valence-electron chi connectivity index (χ2n) is 5.35. The lowest BCUT2D eigenvalue weighted by atomic mass is 10.1. The Hall–Kier alpha value is -1.22. The largest absolute Gasteiger partial charge is 0.373 e. The molecule has 2 atom stereocenters. The fourth-order valence-electron chi connectivity index (χ4n) is 2.12. The summed E-state index contributed by atoms with van der Waals surface area (Å²) in [6, 6.07) is 3.25. The third-order valence-corrected chi connectivity index (χ3v) is 5.30. The van der Waals surface area contributed by atoms with Gasteiger partial charge in [0.1, 0.15) is 10.7 Å². The van der Waals surface area contributed by atoms with E-state index in [1.165, 1.54) is 24.6 Å². The Morgan fingerprint density at radius 2 is 2.19 bits per heavy atom. The molecule has 7 nitrogen and oxygen atoms in total. The van der Waals surface area contributed by atoms with Gasteiger partial charge < -0.3 is 15.4 Å². The van der Waals surface area contributed by atoms with Crippen molar-refractivity contribution in [2.75, 3.05) is 38.7 Å². The molecule has 0 amide bonds. The summed E-state index contributed by atoms with van der Waals surface area (Å²) in [5.41, 5.74) is 5.87. The Bertz CT molecular complexity index is 572. The number of sulfonamides is 1. The summed E-state index contributed by atoms with van der Waals surface area (Å²) in [6.45, 7) is 3.88. The summed E-state index contributed by atoms with van der Waals surface area (Å²) >= 11 is 0. The van der Waals surface area contributed by atoms with Crippen LogP contribution >= 0.6 is 0 Å². The third-order valence-electron chi connectivity index (χ3n) is 3.50. The molecule has 1 aliphatic rings. The van der Waals surface area contributed by atoms with Crippen molar-refractivity contribution >= 4 is 15.8 Å². The highest BCUT2D eigenvalue weighted by Gasteiger charge is 2.25. The van der Waals surface area contributed by atoms with E-state index in [1.807, 2.05) is 6.92 Å². The van der Waals surface area contributed by atoms with Crippen LogP contribution in [0.5, 0.6) is 0 Å². The number of ether oxygens (including phenoxy) is 1. The second-order valence-corrected chi connectivity index (χ2v) is 7.51. The van der Waals surface area contributed by atoms with E-state index in [9.17, 15) is 8.42 Å². The Balaban J connectivity index is 2.16. The SMILES string of the molecule is CC(N)C1CN(c2ccc(S(=O)(=O)N(C)C)cn2)CCO1. The van der Waals surface area contributed by atoms with Gasteiger partial charge in [0, 0.05) is 39.4 Å². The minimum absolute atomic E-state index is 0.0364. The molecule has 0 bridgehead atoms. The molecule has 0 aliphatic carbocycles. The molecule has 1 saturated heterocycles. The van der Waals surface area contributed by atoms with E-state index in [0.717, 1.165) is 12.4 Å². The van der Waals surface area contributed by atoms with Gasteiger partial charge in [0.2, 0.25) is 10.0 Å². The monoisotopic (exact) mass is 314 g/mol. The number of hydrogen-bond donors (Lipinski definition) is 1. The summed E-state index contributed by atoms with van der Waals surface area (Å²) in [5.74, 6) is 0.738. The lowest BCUT2D eigenvalue weighted by molar-refractivity contribution is 0.0273. The number of anilines is 1. The Labute approximate surface area is 125 Å². The van der Waals surface area contributed by atoms with Crippen molar-refractivity contribution in [2.45, 2.75) is 24.0 Å². The number of aromatic nitrogens is 1. The van der Waals surface area contributed by atoms with Gasteiger partial charge >= 0.3 is 0 Å². The maximum absolute atomic E-state index is 12.0. The molecule has 1 aromatic heterocycles. The number of nitrogens with two attached hydrogens (primary N) is 1. The van der Waals surface area contributed by atoms with Crippen LogP contribution in [0.15, 0.2) is 23.2 Å². The molecule has 1 fully saturated rings. The summed E-state index contributed by atoms with van der Waals surface area (Å²) in [6.07, 6.45) is 1.35. The highest BCUT2D eigenvalue weighted by Crippen LogP contribution is 2.19. The van der Waals surface area contributed by atoms with Crippen LogP contribution in [0.25, 0.3) is 0 Å². The van der Waals surface area contributed by atoms with E-state index in [1.54, 1.807) is 12.1 Å². The maximum Gasteiger partial charge on any atom is 0.244 e. The number of hydrogen-bond acceptors (Lipinski definition) is 6. The van der Waals surface area contributed by atoms with Gasteiger partial charge in [-0.05, 0) is 19.1 Å². The Kier molecular flexibility index (Phi) is 4.82. The summed E-state index contributed by atoms with van der Waals surface area (Å²) in [4.78, 5) is 6.52. The van der Waals surface area contributed by atoms with Crippen LogP contribution in [-0.4, -0.2) is 63.6 Å². The normalized spacial score (nSPS) is 21.6. The number of rotatable bonds is 4. The first-order valence-corrected chi connectivity index (χ1v) is 8.27. The number of pyridine rings is 1. The van der Waals surface area contributed by atoms with Crippen molar-refractivity contribution in [1.29, 1.82) is 0 Å². The smallest absolute Gasteiger partial charge is 0.244 e. The van der Waals surface area contributed by atoms with E-state index in [2.05, 4.69) is 9.88 Å². The van der Waals surface area contributed by atoms with Crippen LogP contribution in [0.1, 0.15) is 6.92 Å². The van der Waals surface area contributed by atoms with E-state index >= 15 is 0 Å². The molecular weight excluding hydrogens is 292 g/mol. The van der Waals surface area contributed by atoms with Gasteiger partial charge in [-0.1, -0.05) is 0 Å². The molecule has 0 saturated carbocycles. The summed E-state index contributed by atoms with van der Waals surface area (Å²) < 4.78 is 30.8. The van der Waals surface area contributed by atoms with Crippen LogP contribution < -0.4 is 10.6 Å². The van der Waals surface area contributed by atoms with Crippen molar-refractivity contribution in [2.24, 2.45) is 5.73 Å². The van der Waals surface area contributed by atoms with Gasteiger partial charge in [-0.3, -0.25) is 0 Å². The molecule has 8 heteroatoms. The van der Waals surface area contributed by atoms with E-state index in [0.29, 0.717) is 13.2 Å². The van der Waals surface area contributed by atoms with Crippen molar-refractivity contribution in [3.05, 3.63) is 18.3 Å². The molecule has 0 radical (unpaired) electrons.